The fourth-order valence-corrected chi connectivity index (χ4v) is 1.84. The first kappa shape index (κ1) is 10.9. The molecule has 0 atom stereocenters. The summed E-state index contributed by atoms with van der Waals surface area (Å²) in [7, 11) is 1.54. The second-order valence-electron chi connectivity index (χ2n) is 3.00. The maximum absolute atomic E-state index is 8.72. The Balaban J connectivity index is 2.97. The van der Waals surface area contributed by atoms with E-state index in [1.807, 2.05) is 12.1 Å². The summed E-state index contributed by atoms with van der Waals surface area (Å²) in [4.78, 5) is 5.04. The topological polar surface area (TPSA) is 45.9 Å². The minimum atomic E-state index is 0.334. The van der Waals surface area contributed by atoms with Crippen LogP contribution in [-0.2, 0) is 0 Å². The first-order chi connectivity index (χ1) is 6.67. The van der Waals surface area contributed by atoms with Crippen LogP contribution in [0, 0.1) is 11.3 Å². The van der Waals surface area contributed by atoms with Gasteiger partial charge >= 0.3 is 0 Å². The van der Waals surface area contributed by atoms with Crippen molar-refractivity contribution >= 4 is 11.8 Å². The molecule has 0 aromatic carbocycles. The Hall–Kier alpha value is -1.21. The van der Waals surface area contributed by atoms with E-state index in [9.17, 15) is 0 Å². The van der Waals surface area contributed by atoms with Crippen molar-refractivity contribution in [2.45, 2.75) is 24.0 Å². The third kappa shape index (κ3) is 2.64. The van der Waals surface area contributed by atoms with Gasteiger partial charge in [0.05, 0.1) is 7.11 Å². The zero-order valence-corrected chi connectivity index (χ0v) is 9.26. The van der Waals surface area contributed by atoms with E-state index >= 15 is 0 Å². The molecule has 3 nitrogen and oxygen atoms in total. The molecule has 14 heavy (non-hydrogen) atoms. The lowest BCUT2D eigenvalue weighted by molar-refractivity contribution is 0.410. The number of thioether (sulfide) groups is 1. The molecule has 0 saturated carbocycles. The monoisotopic (exact) mass is 208 g/mol. The third-order valence-corrected chi connectivity index (χ3v) is 2.49. The Morgan fingerprint density at radius 1 is 1.57 bits per heavy atom. The van der Waals surface area contributed by atoms with Crippen LogP contribution in [0.5, 0.6) is 5.75 Å². The van der Waals surface area contributed by atoms with Crippen molar-refractivity contribution in [3.63, 3.8) is 0 Å². The molecule has 0 aliphatic heterocycles. The van der Waals surface area contributed by atoms with E-state index in [2.05, 4.69) is 18.8 Å². The minimum absolute atomic E-state index is 0.334. The van der Waals surface area contributed by atoms with E-state index < -0.39 is 0 Å². The molecule has 0 N–H and O–H groups in total. The maximum atomic E-state index is 8.72. The highest BCUT2D eigenvalue weighted by atomic mass is 32.2. The first-order valence-corrected chi connectivity index (χ1v) is 5.16. The largest absolute Gasteiger partial charge is 0.494 e. The summed E-state index contributed by atoms with van der Waals surface area (Å²) in [6.07, 6.45) is 1.70. The van der Waals surface area contributed by atoms with Gasteiger partial charge in [-0.2, -0.15) is 5.26 Å². The standard InChI is InChI=1S/C10H12N2OS/c1-7(2)14-8-4-10(13-3)9(5-11)12-6-8/h4,6-7H,1-3H3. The minimum Gasteiger partial charge on any atom is -0.494 e. The summed E-state index contributed by atoms with van der Waals surface area (Å²) in [6, 6.07) is 3.83. The number of rotatable bonds is 3. The molecule has 0 aliphatic rings. The summed E-state index contributed by atoms with van der Waals surface area (Å²) in [6.45, 7) is 4.21. The van der Waals surface area contributed by atoms with E-state index in [0.717, 1.165) is 4.90 Å². The summed E-state index contributed by atoms with van der Waals surface area (Å²) < 4.78 is 5.06. The summed E-state index contributed by atoms with van der Waals surface area (Å²) in [5.74, 6) is 0.540. The predicted molar refractivity (Wildman–Crippen MR) is 56.5 cm³/mol. The van der Waals surface area contributed by atoms with Gasteiger partial charge in [-0.15, -0.1) is 11.8 Å². The van der Waals surface area contributed by atoms with Crippen LogP contribution in [0.1, 0.15) is 19.5 Å². The number of aromatic nitrogens is 1. The Labute approximate surface area is 88.1 Å². The molecular weight excluding hydrogens is 196 g/mol. The molecule has 0 bridgehead atoms. The Morgan fingerprint density at radius 3 is 2.79 bits per heavy atom. The molecule has 0 aliphatic carbocycles. The maximum Gasteiger partial charge on any atom is 0.182 e. The summed E-state index contributed by atoms with van der Waals surface area (Å²) in [5.41, 5.74) is 0.334. The quantitative estimate of drug-likeness (QED) is 0.716. The number of hydrogen-bond donors (Lipinski definition) is 0. The fraction of sp³-hybridized carbons (Fsp3) is 0.400. The zero-order chi connectivity index (χ0) is 10.6. The zero-order valence-electron chi connectivity index (χ0n) is 8.44. The van der Waals surface area contributed by atoms with Crippen LogP contribution >= 0.6 is 11.8 Å². The molecular formula is C10H12N2OS. The van der Waals surface area contributed by atoms with E-state index in [1.54, 1.807) is 25.1 Å². The van der Waals surface area contributed by atoms with Crippen molar-refractivity contribution in [2.24, 2.45) is 0 Å². The Bertz CT molecular complexity index is 358. The van der Waals surface area contributed by atoms with Crippen molar-refractivity contribution in [1.29, 1.82) is 5.26 Å². The van der Waals surface area contributed by atoms with E-state index in [1.165, 1.54) is 0 Å². The molecule has 1 rings (SSSR count). The number of hydrogen-bond acceptors (Lipinski definition) is 4. The van der Waals surface area contributed by atoms with Gasteiger partial charge in [-0.25, -0.2) is 4.98 Å². The van der Waals surface area contributed by atoms with Crippen molar-refractivity contribution in [2.75, 3.05) is 7.11 Å². The molecule has 0 amide bonds. The Morgan fingerprint density at radius 2 is 2.29 bits per heavy atom. The molecule has 0 unspecified atom stereocenters. The first-order valence-electron chi connectivity index (χ1n) is 4.28. The predicted octanol–water partition coefficient (Wildman–Crippen LogP) is 2.46. The highest BCUT2D eigenvalue weighted by molar-refractivity contribution is 7.99. The number of nitrogens with zero attached hydrogens (tertiary/aromatic N) is 2. The van der Waals surface area contributed by atoms with Gasteiger partial charge in [0, 0.05) is 16.3 Å². The number of methoxy groups -OCH3 is 1. The Kier molecular flexibility index (Phi) is 3.78. The van der Waals surface area contributed by atoms with Crippen LogP contribution in [0.2, 0.25) is 0 Å². The van der Waals surface area contributed by atoms with Gasteiger partial charge < -0.3 is 4.74 Å². The van der Waals surface area contributed by atoms with Gasteiger partial charge in [0.2, 0.25) is 0 Å². The highest BCUT2D eigenvalue weighted by Gasteiger charge is 2.06. The number of ether oxygens (including phenoxy) is 1. The molecule has 0 spiro atoms. The van der Waals surface area contributed by atoms with Gasteiger partial charge in [0.1, 0.15) is 6.07 Å². The molecule has 0 saturated heterocycles. The van der Waals surface area contributed by atoms with Crippen molar-refractivity contribution in [3.8, 4) is 11.8 Å². The highest BCUT2D eigenvalue weighted by Crippen LogP contribution is 2.26. The fourth-order valence-electron chi connectivity index (χ4n) is 1.00. The molecule has 4 heteroatoms. The second kappa shape index (κ2) is 4.87. The van der Waals surface area contributed by atoms with Gasteiger partial charge in [0.25, 0.3) is 0 Å². The van der Waals surface area contributed by atoms with Crippen LogP contribution in [-0.4, -0.2) is 17.3 Å². The smallest absolute Gasteiger partial charge is 0.182 e. The van der Waals surface area contributed by atoms with Gasteiger partial charge in [-0.05, 0) is 6.07 Å². The van der Waals surface area contributed by atoms with Crippen molar-refractivity contribution in [1.82, 2.24) is 4.98 Å². The van der Waals surface area contributed by atoms with Gasteiger partial charge in [0.15, 0.2) is 11.4 Å². The second-order valence-corrected chi connectivity index (χ2v) is 4.65. The lowest BCUT2D eigenvalue weighted by Crippen LogP contribution is -1.93. The van der Waals surface area contributed by atoms with Crippen LogP contribution < -0.4 is 4.74 Å². The van der Waals surface area contributed by atoms with Crippen LogP contribution in [0.4, 0.5) is 0 Å². The summed E-state index contributed by atoms with van der Waals surface area (Å²) in [5, 5.41) is 9.22. The van der Waals surface area contributed by atoms with Crippen molar-refractivity contribution < 1.29 is 4.74 Å². The molecule has 74 valence electrons. The third-order valence-electron chi connectivity index (χ3n) is 1.53. The van der Waals surface area contributed by atoms with Gasteiger partial charge in [-0.3, -0.25) is 0 Å². The van der Waals surface area contributed by atoms with Crippen LogP contribution in [0.25, 0.3) is 0 Å². The molecule has 1 aromatic rings. The SMILES string of the molecule is COc1cc(SC(C)C)cnc1C#N. The molecule has 1 aromatic heterocycles. The normalized spacial score (nSPS) is 9.93. The van der Waals surface area contributed by atoms with Crippen LogP contribution in [0.15, 0.2) is 17.2 Å². The molecule has 0 radical (unpaired) electrons. The summed E-state index contributed by atoms with van der Waals surface area (Å²) >= 11 is 1.70. The lowest BCUT2D eigenvalue weighted by atomic mass is 10.3. The molecule has 1 heterocycles. The van der Waals surface area contributed by atoms with E-state index in [-0.39, 0.29) is 0 Å². The van der Waals surface area contributed by atoms with Crippen LogP contribution in [0.3, 0.4) is 0 Å². The number of nitriles is 1. The average molecular weight is 208 g/mol. The van der Waals surface area contributed by atoms with Gasteiger partial charge in [-0.1, -0.05) is 13.8 Å². The molecule has 0 fully saturated rings. The van der Waals surface area contributed by atoms with Crippen molar-refractivity contribution in [3.05, 3.63) is 18.0 Å². The van der Waals surface area contributed by atoms with E-state index in [4.69, 9.17) is 10.00 Å². The lowest BCUT2D eigenvalue weighted by Gasteiger charge is -2.06. The van der Waals surface area contributed by atoms with E-state index in [0.29, 0.717) is 16.7 Å². The average Bonchev–Trinajstić information content (AvgIpc) is 2.16. The number of pyridine rings is 1.